The normalized spacial score (nSPS) is 10.8. The summed E-state index contributed by atoms with van der Waals surface area (Å²) in [6.45, 7) is 8.47. The van der Waals surface area contributed by atoms with E-state index in [1.165, 1.54) is 26.4 Å². The van der Waals surface area contributed by atoms with Crippen LogP contribution in [0.3, 0.4) is 0 Å². The minimum absolute atomic E-state index is 0.978. The molecule has 0 aliphatic heterocycles. The van der Waals surface area contributed by atoms with Crippen molar-refractivity contribution in [2.75, 3.05) is 6.54 Å². The summed E-state index contributed by atoms with van der Waals surface area (Å²) in [5, 5.41) is 3.36. The molecular weight excluding hydrogens is 226 g/mol. The minimum atomic E-state index is 0.978. The molecule has 1 aromatic heterocycles. The van der Waals surface area contributed by atoms with Crippen LogP contribution in [-0.4, -0.2) is 6.54 Å². The fraction of sp³-hybridized carbons (Fsp3) is 0.333. The Balaban J connectivity index is 2.21. The van der Waals surface area contributed by atoms with Crippen LogP contribution in [-0.2, 0) is 6.54 Å². The molecule has 1 nitrogen and oxygen atoms in total. The minimum Gasteiger partial charge on any atom is -0.312 e. The van der Waals surface area contributed by atoms with Crippen molar-refractivity contribution >= 4 is 11.3 Å². The lowest BCUT2D eigenvalue weighted by Crippen LogP contribution is -2.10. The maximum Gasteiger partial charge on any atom is 0.0346 e. The van der Waals surface area contributed by atoms with E-state index in [4.69, 9.17) is 0 Å². The highest BCUT2D eigenvalue weighted by Crippen LogP contribution is 2.29. The van der Waals surface area contributed by atoms with Crippen molar-refractivity contribution in [1.29, 1.82) is 0 Å². The molecule has 0 saturated carbocycles. The third kappa shape index (κ3) is 2.96. The zero-order chi connectivity index (χ0) is 12.3. The number of hydrogen-bond acceptors (Lipinski definition) is 2. The summed E-state index contributed by atoms with van der Waals surface area (Å²) < 4.78 is 0. The highest BCUT2D eigenvalue weighted by Gasteiger charge is 2.03. The van der Waals surface area contributed by atoms with Gasteiger partial charge in [0, 0.05) is 16.3 Å². The van der Waals surface area contributed by atoms with E-state index in [1.807, 2.05) is 11.3 Å². The van der Waals surface area contributed by atoms with E-state index in [-0.39, 0.29) is 0 Å². The molecule has 0 unspecified atom stereocenters. The molecule has 0 spiro atoms. The van der Waals surface area contributed by atoms with Crippen molar-refractivity contribution < 1.29 is 0 Å². The number of benzene rings is 1. The first-order chi connectivity index (χ1) is 8.20. The first kappa shape index (κ1) is 12.3. The topological polar surface area (TPSA) is 12.0 Å². The van der Waals surface area contributed by atoms with Crippen molar-refractivity contribution in [3.63, 3.8) is 0 Å². The molecule has 0 atom stereocenters. The van der Waals surface area contributed by atoms with Crippen LogP contribution in [0.4, 0.5) is 0 Å². The summed E-state index contributed by atoms with van der Waals surface area (Å²) in [5.74, 6) is 0. The molecule has 1 aromatic carbocycles. The lowest BCUT2D eigenvalue weighted by Gasteiger charge is -2.03. The number of hydrogen-bond donors (Lipinski definition) is 1. The molecular formula is C15H19NS. The second kappa shape index (κ2) is 5.48. The van der Waals surface area contributed by atoms with Crippen molar-refractivity contribution in [2.45, 2.75) is 27.3 Å². The van der Waals surface area contributed by atoms with E-state index in [0.717, 1.165) is 13.1 Å². The number of aryl methyl sites for hydroxylation is 2. The first-order valence-electron chi connectivity index (χ1n) is 6.07. The van der Waals surface area contributed by atoms with Gasteiger partial charge in [-0.25, -0.2) is 0 Å². The quantitative estimate of drug-likeness (QED) is 0.853. The highest BCUT2D eigenvalue weighted by molar-refractivity contribution is 7.15. The van der Waals surface area contributed by atoms with E-state index in [1.54, 1.807) is 0 Å². The molecule has 1 N–H and O–H groups in total. The maximum atomic E-state index is 3.36. The van der Waals surface area contributed by atoms with Gasteiger partial charge in [0.1, 0.15) is 0 Å². The Kier molecular flexibility index (Phi) is 3.97. The van der Waals surface area contributed by atoms with E-state index in [2.05, 4.69) is 56.4 Å². The van der Waals surface area contributed by atoms with Gasteiger partial charge in [0.25, 0.3) is 0 Å². The second-order valence-electron chi connectivity index (χ2n) is 4.35. The molecule has 0 amide bonds. The van der Waals surface area contributed by atoms with Gasteiger partial charge in [0.05, 0.1) is 0 Å². The highest BCUT2D eigenvalue weighted by atomic mass is 32.1. The van der Waals surface area contributed by atoms with Gasteiger partial charge in [-0.3, -0.25) is 0 Å². The zero-order valence-electron chi connectivity index (χ0n) is 10.7. The third-order valence-corrected chi connectivity index (χ3v) is 4.14. The van der Waals surface area contributed by atoms with Crippen LogP contribution in [0.15, 0.2) is 30.3 Å². The van der Waals surface area contributed by atoms with Crippen LogP contribution in [0, 0.1) is 13.8 Å². The summed E-state index contributed by atoms with van der Waals surface area (Å²) in [6.07, 6.45) is 0. The van der Waals surface area contributed by atoms with Crippen molar-refractivity contribution in [1.82, 2.24) is 5.32 Å². The SMILES string of the molecule is CCNCc1ccc(-c2ccc(C)c(C)c2)s1. The van der Waals surface area contributed by atoms with E-state index in [9.17, 15) is 0 Å². The maximum absolute atomic E-state index is 3.36. The van der Waals surface area contributed by atoms with Crippen LogP contribution >= 0.6 is 11.3 Å². The summed E-state index contributed by atoms with van der Waals surface area (Å²) in [4.78, 5) is 2.76. The van der Waals surface area contributed by atoms with E-state index >= 15 is 0 Å². The largest absolute Gasteiger partial charge is 0.312 e. The summed E-state index contributed by atoms with van der Waals surface area (Å²) in [7, 11) is 0. The fourth-order valence-electron chi connectivity index (χ4n) is 1.77. The Bertz CT molecular complexity index is 499. The Morgan fingerprint density at radius 3 is 2.59 bits per heavy atom. The van der Waals surface area contributed by atoms with Gasteiger partial charge in [0.15, 0.2) is 0 Å². The van der Waals surface area contributed by atoms with Gasteiger partial charge in [-0.2, -0.15) is 0 Å². The van der Waals surface area contributed by atoms with Gasteiger partial charge in [-0.1, -0.05) is 25.1 Å². The molecule has 0 bridgehead atoms. The van der Waals surface area contributed by atoms with Crippen molar-refractivity contribution in [2.24, 2.45) is 0 Å². The lowest BCUT2D eigenvalue weighted by atomic mass is 10.1. The molecule has 2 heteroatoms. The van der Waals surface area contributed by atoms with Gasteiger partial charge < -0.3 is 5.32 Å². The third-order valence-electron chi connectivity index (χ3n) is 3.00. The molecule has 0 radical (unpaired) electrons. The average Bonchev–Trinajstić information content (AvgIpc) is 2.79. The predicted molar refractivity (Wildman–Crippen MR) is 76.6 cm³/mol. The molecule has 90 valence electrons. The lowest BCUT2D eigenvalue weighted by molar-refractivity contribution is 0.735. The first-order valence-corrected chi connectivity index (χ1v) is 6.89. The average molecular weight is 245 g/mol. The summed E-state index contributed by atoms with van der Waals surface area (Å²) in [6, 6.07) is 11.1. The van der Waals surface area contributed by atoms with Crippen molar-refractivity contribution in [3.05, 3.63) is 46.3 Å². The monoisotopic (exact) mass is 245 g/mol. The van der Waals surface area contributed by atoms with Crippen LogP contribution in [0.1, 0.15) is 22.9 Å². The van der Waals surface area contributed by atoms with Crippen LogP contribution in [0.2, 0.25) is 0 Å². The van der Waals surface area contributed by atoms with Gasteiger partial charge in [0.2, 0.25) is 0 Å². The van der Waals surface area contributed by atoms with Crippen LogP contribution in [0.25, 0.3) is 10.4 Å². The van der Waals surface area contributed by atoms with Crippen LogP contribution in [0.5, 0.6) is 0 Å². The number of thiophene rings is 1. The molecule has 0 aliphatic carbocycles. The second-order valence-corrected chi connectivity index (χ2v) is 5.51. The summed E-state index contributed by atoms with van der Waals surface area (Å²) in [5.41, 5.74) is 4.06. The molecule has 0 saturated heterocycles. The van der Waals surface area contributed by atoms with E-state index < -0.39 is 0 Å². The zero-order valence-corrected chi connectivity index (χ0v) is 11.5. The fourth-order valence-corrected chi connectivity index (χ4v) is 2.74. The number of nitrogens with one attached hydrogen (secondary N) is 1. The van der Waals surface area contributed by atoms with Crippen molar-refractivity contribution in [3.8, 4) is 10.4 Å². The smallest absolute Gasteiger partial charge is 0.0346 e. The molecule has 17 heavy (non-hydrogen) atoms. The Morgan fingerprint density at radius 2 is 1.88 bits per heavy atom. The van der Waals surface area contributed by atoms with Gasteiger partial charge in [-0.15, -0.1) is 11.3 Å². The molecule has 2 rings (SSSR count). The Labute approximate surface area is 108 Å². The summed E-state index contributed by atoms with van der Waals surface area (Å²) >= 11 is 1.88. The van der Waals surface area contributed by atoms with E-state index in [0.29, 0.717) is 0 Å². The standard InChI is InChI=1S/C15H19NS/c1-4-16-10-14-7-8-15(17-14)13-6-5-11(2)12(3)9-13/h5-9,16H,4,10H2,1-3H3. The molecule has 0 aliphatic rings. The van der Waals surface area contributed by atoms with Gasteiger partial charge >= 0.3 is 0 Å². The molecule has 2 aromatic rings. The Hall–Kier alpha value is -1.12. The molecule has 0 fully saturated rings. The molecule has 1 heterocycles. The predicted octanol–water partition coefficient (Wildman–Crippen LogP) is 4.14. The van der Waals surface area contributed by atoms with Gasteiger partial charge in [-0.05, 0) is 49.2 Å². The van der Waals surface area contributed by atoms with Crippen LogP contribution < -0.4 is 5.32 Å². The number of rotatable bonds is 4. The Morgan fingerprint density at radius 1 is 1.06 bits per heavy atom.